The summed E-state index contributed by atoms with van der Waals surface area (Å²) >= 11 is 0. The van der Waals surface area contributed by atoms with Crippen LogP contribution in [0.15, 0.2) is 24.7 Å². The summed E-state index contributed by atoms with van der Waals surface area (Å²) in [5, 5.41) is 0. The topological polar surface area (TPSA) is 18.5 Å². The first kappa shape index (κ1) is 10.3. The molecular weight excluding hydrogens is 156 g/mol. The molecule has 0 rings (SSSR count). The highest BCUT2D eigenvalue weighted by Gasteiger charge is 2.17. The van der Waals surface area contributed by atoms with Gasteiger partial charge in [0.2, 0.25) is 8.32 Å². The number of allylic oxidation sites excluding steroid dienone is 2. The van der Waals surface area contributed by atoms with Crippen molar-refractivity contribution < 1.29 is 9.16 Å². The molecule has 0 amide bonds. The SMILES string of the molecule is C=C/C=C(\OC)O[Si](C)(C)C. The van der Waals surface area contributed by atoms with Crippen LogP contribution in [0, 0.1) is 0 Å². The number of rotatable bonds is 4. The molecule has 0 unspecified atom stereocenters. The number of ether oxygens (including phenoxy) is 1. The van der Waals surface area contributed by atoms with Gasteiger partial charge in [-0.15, -0.1) is 0 Å². The molecule has 3 heteroatoms. The van der Waals surface area contributed by atoms with Crippen LogP contribution in [0.25, 0.3) is 0 Å². The summed E-state index contributed by atoms with van der Waals surface area (Å²) in [6, 6.07) is 0. The Labute approximate surface area is 69.6 Å². The van der Waals surface area contributed by atoms with E-state index >= 15 is 0 Å². The summed E-state index contributed by atoms with van der Waals surface area (Å²) in [7, 11) is 0.0732. The third-order valence-corrected chi connectivity index (χ3v) is 1.68. The zero-order chi connectivity index (χ0) is 8.91. The molecule has 0 aliphatic rings. The van der Waals surface area contributed by atoms with Gasteiger partial charge in [0, 0.05) is 6.08 Å². The van der Waals surface area contributed by atoms with Crippen LogP contribution >= 0.6 is 0 Å². The van der Waals surface area contributed by atoms with E-state index in [-0.39, 0.29) is 0 Å². The minimum Gasteiger partial charge on any atom is -0.520 e. The van der Waals surface area contributed by atoms with Gasteiger partial charge in [-0.2, -0.15) is 0 Å². The molecule has 0 saturated carbocycles. The van der Waals surface area contributed by atoms with E-state index in [0.29, 0.717) is 5.95 Å². The van der Waals surface area contributed by atoms with Crippen LogP contribution in [0.2, 0.25) is 19.6 Å². The van der Waals surface area contributed by atoms with Crippen LogP contribution in [-0.2, 0) is 9.16 Å². The van der Waals surface area contributed by atoms with E-state index < -0.39 is 8.32 Å². The minimum absolute atomic E-state index is 0.555. The Kier molecular flexibility index (Phi) is 3.96. The zero-order valence-corrected chi connectivity index (χ0v) is 8.68. The summed E-state index contributed by atoms with van der Waals surface area (Å²) in [5.41, 5.74) is 0. The normalized spacial score (nSPS) is 12.5. The van der Waals surface area contributed by atoms with Crippen molar-refractivity contribution in [1.82, 2.24) is 0 Å². The average Bonchev–Trinajstić information content (AvgIpc) is 1.84. The zero-order valence-electron chi connectivity index (χ0n) is 7.68. The van der Waals surface area contributed by atoms with E-state index in [2.05, 4.69) is 26.2 Å². The molecule has 2 nitrogen and oxygen atoms in total. The van der Waals surface area contributed by atoms with Crippen molar-refractivity contribution in [3.63, 3.8) is 0 Å². The van der Waals surface area contributed by atoms with Gasteiger partial charge in [-0.3, -0.25) is 0 Å². The molecule has 0 spiro atoms. The molecule has 0 aromatic heterocycles. The largest absolute Gasteiger partial charge is 0.520 e. The van der Waals surface area contributed by atoms with E-state index in [1.54, 1.807) is 19.3 Å². The second-order valence-corrected chi connectivity index (χ2v) is 7.57. The summed E-state index contributed by atoms with van der Waals surface area (Å²) in [6.07, 6.45) is 3.37. The van der Waals surface area contributed by atoms with Crippen molar-refractivity contribution in [2.75, 3.05) is 7.11 Å². The first-order chi connectivity index (χ1) is 4.99. The molecule has 0 N–H and O–H groups in total. The molecule has 0 radical (unpaired) electrons. The van der Waals surface area contributed by atoms with Crippen LogP contribution < -0.4 is 0 Å². The van der Waals surface area contributed by atoms with Gasteiger partial charge >= 0.3 is 0 Å². The molecule has 64 valence electrons. The third-order valence-electron chi connectivity index (χ3n) is 0.862. The fraction of sp³-hybridized carbons (Fsp3) is 0.500. The van der Waals surface area contributed by atoms with Crippen molar-refractivity contribution in [1.29, 1.82) is 0 Å². The lowest BCUT2D eigenvalue weighted by Gasteiger charge is -2.19. The lowest BCUT2D eigenvalue weighted by molar-refractivity contribution is 0.147. The molecule has 0 aliphatic carbocycles. The highest BCUT2D eigenvalue weighted by atomic mass is 28.4. The Bertz CT molecular complexity index is 156. The maximum absolute atomic E-state index is 5.53. The van der Waals surface area contributed by atoms with E-state index in [0.717, 1.165) is 0 Å². The van der Waals surface area contributed by atoms with Gasteiger partial charge in [-0.1, -0.05) is 12.7 Å². The second-order valence-electron chi connectivity index (χ2n) is 3.14. The molecule has 0 atom stereocenters. The molecule has 0 bridgehead atoms. The molecule has 0 aromatic carbocycles. The Morgan fingerprint density at radius 3 is 2.18 bits per heavy atom. The average molecular weight is 172 g/mol. The summed E-state index contributed by atoms with van der Waals surface area (Å²) in [5.74, 6) is 0.555. The molecule has 0 aromatic rings. The Hall–Kier alpha value is -0.703. The smallest absolute Gasteiger partial charge is 0.264 e. The Balaban J connectivity index is 4.09. The maximum atomic E-state index is 5.53. The molecule has 0 fully saturated rings. The first-order valence-electron chi connectivity index (χ1n) is 3.55. The minimum atomic E-state index is -1.52. The van der Waals surface area contributed by atoms with Gasteiger partial charge in [0.15, 0.2) is 0 Å². The first-order valence-corrected chi connectivity index (χ1v) is 6.96. The molecule has 0 aliphatic heterocycles. The maximum Gasteiger partial charge on any atom is 0.264 e. The van der Waals surface area contributed by atoms with E-state index in [9.17, 15) is 0 Å². The lowest BCUT2D eigenvalue weighted by atomic mass is 10.6. The van der Waals surface area contributed by atoms with Crippen molar-refractivity contribution in [3.8, 4) is 0 Å². The van der Waals surface area contributed by atoms with Crippen molar-refractivity contribution >= 4 is 8.32 Å². The predicted octanol–water partition coefficient (Wildman–Crippen LogP) is 2.51. The van der Waals surface area contributed by atoms with Gasteiger partial charge in [-0.25, -0.2) is 0 Å². The molecule has 0 heterocycles. The summed E-state index contributed by atoms with van der Waals surface area (Å²) in [6.45, 7) is 9.86. The molecule has 11 heavy (non-hydrogen) atoms. The molecule has 0 saturated heterocycles. The van der Waals surface area contributed by atoms with Gasteiger partial charge in [-0.05, 0) is 19.6 Å². The quantitative estimate of drug-likeness (QED) is 0.368. The number of hydrogen-bond donors (Lipinski definition) is 0. The van der Waals surface area contributed by atoms with Crippen LogP contribution in [0.4, 0.5) is 0 Å². The van der Waals surface area contributed by atoms with Crippen molar-refractivity contribution in [3.05, 3.63) is 24.7 Å². The lowest BCUT2D eigenvalue weighted by Crippen LogP contribution is -2.25. The van der Waals surface area contributed by atoms with E-state index in [1.165, 1.54) is 0 Å². The third kappa shape index (κ3) is 5.73. The highest BCUT2D eigenvalue weighted by molar-refractivity contribution is 6.69. The van der Waals surface area contributed by atoms with Gasteiger partial charge in [0.1, 0.15) is 0 Å². The van der Waals surface area contributed by atoms with Gasteiger partial charge in [0.05, 0.1) is 7.11 Å². The fourth-order valence-corrected chi connectivity index (χ4v) is 1.30. The van der Waals surface area contributed by atoms with Crippen molar-refractivity contribution in [2.24, 2.45) is 0 Å². The van der Waals surface area contributed by atoms with Gasteiger partial charge < -0.3 is 9.16 Å². The van der Waals surface area contributed by atoms with E-state index in [4.69, 9.17) is 9.16 Å². The Morgan fingerprint density at radius 1 is 1.36 bits per heavy atom. The highest BCUT2D eigenvalue weighted by Crippen LogP contribution is 2.10. The fourth-order valence-electron chi connectivity index (χ4n) is 0.542. The number of hydrogen-bond acceptors (Lipinski definition) is 2. The molecular formula is C8H16O2Si. The van der Waals surface area contributed by atoms with E-state index in [1.807, 2.05) is 0 Å². The van der Waals surface area contributed by atoms with Crippen LogP contribution in [-0.4, -0.2) is 15.4 Å². The van der Waals surface area contributed by atoms with Crippen LogP contribution in [0.5, 0.6) is 0 Å². The van der Waals surface area contributed by atoms with Gasteiger partial charge in [0.25, 0.3) is 5.95 Å². The standard InChI is InChI=1S/C8H16O2Si/c1-6-7-8(9-2)10-11(3,4)5/h6-7H,1H2,2-5H3/b8-7+. The van der Waals surface area contributed by atoms with Crippen molar-refractivity contribution in [2.45, 2.75) is 19.6 Å². The van der Waals surface area contributed by atoms with Crippen LogP contribution in [0.3, 0.4) is 0 Å². The predicted molar refractivity (Wildman–Crippen MR) is 49.7 cm³/mol. The monoisotopic (exact) mass is 172 g/mol. The summed E-state index contributed by atoms with van der Waals surface area (Å²) < 4.78 is 10.5. The second kappa shape index (κ2) is 4.23. The summed E-state index contributed by atoms with van der Waals surface area (Å²) in [4.78, 5) is 0. The van der Waals surface area contributed by atoms with Crippen LogP contribution in [0.1, 0.15) is 0 Å². The number of methoxy groups -OCH3 is 1. The Morgan fingerprint density at radius 2 is 1.91 bits per heavy atom.